The molecule has 1 N–H and O–H groups in total. The number of rotatable bonds is 3. The molecule has 2 aliphatic heterocycles. The Hall–Kier alpha value is -2.43. The molecule has 2 aromatic carbocycles. The third-order valence-electron chi connectivity index (χ3n) is 4.46. The first-order valence-corrected chi connectivity index (χ1v) is 8.53. The smallest absolute Gasteiger partial charge is 0.0993 e. The first-order chi connectivity index (χ1) is 11.9. The molecule has 0 bridgehead atoms. The van der Waals surface area contributed by atoms with E-state index in [-0.39, 0.29) is 6.04 Å². The lowest BCUT2D eigenvalue weighted by Gasteiger charge is -2.43. The summed E-state index contributed by atoms with van der Waals surface area (Å²) in [5, 5.41) is 8.25. The first-order valence-electron chi connectivity index (χ1n) is 8.53. The lowest BCUT2D eigenvalue weighted by Crippen LogP contribution is -2.56. The van der Waals surface area contributed by atoms with Crippen molar-refractivity contribution in [3.8, 4) is 0 Å². The number of anilines is 1. The number of nitrogens with one attached hydrogen (secondary N) is 1. The highest BCUT2D eigenvalue weighted by Crippen LogP contribution is 2.34. The standard InChI is InChI=1S/C20H22N4/c1-2-6-17(7-3-1)10-11-18-16-22-19-8-4-5-9-20(19)24(18)23-14-12-21-13-15-23/h1-11,16,18,21H,12-15H2. The molecule has 0 spiro atoms. The van der Waals surface area contributed by atoms with Crippen molar-refractivity contribution in [2.75, 3.05) is 31.2 Å². The van der Waals surface area contributed by atoms with Gasteiger partial charge in [-0.2, -0.15) is 0 Å². The lowest BCUT2D eigenvalue weighted by molar-refractivity contribution is 0.218. The maximum absolute atomic E-state index is 4.67. The van der Waals surface area contributed by atoms with Crippen LogP contribution in [-0.4, -0.2) is 43.4 Å². The number of benzene rings is 2. The molecule has 2 aliphatic rings. The minimum Gasteiger partial charge on any atom is -0.314 e. The summed E-state index contributed by atoms with van der Waals surface area (Å²) in [6, 6.07) is 18.9. The van der Waals surface area contributed by atoms with Gasteiger partial charge in [0.1, 0.15) is 0 Å². The second-order valence-electron chi connectivity index (χ2n) is 6.08. The maximum Gasteiger partial charge on any atom is 0.0993 e. The fourth-order valence-corrected chi connectivity index (χ4v) is 3.26. The summed E-state index contributed by atoms with van der Waals surface area (Å²) in [5.74, 6) is 0. The normalized spacial score (nSPS) is 21.2. The monoisotopic (exact) mass is 318 g/mol. The van der Waals surface area contributed by atoms with Crippen LogP contribution in [-0.2, 0) is 0 Å². The van der Waals surface area contributed by atoms with Crippen LogP contribution in [0.4, 0.5) is 11.4 Å². The number of piperazine rings is 1. The lowest BCUT2D eigenvalue weighted by atomic mass is 10.1. The van der Waals surface area contributed by atoms with Gasteiger partial charge in [0, 0.05) is 32.4 Å². The zero-order chi connectivity index (χ0) is 16.2. The van der Waals surface area contributed by atoms with Crippen molar-refractivity contribution < 1.29 is 0 Å². The van der Waals surface area contributed by atoms with E-state index in [0.717, 1.165) is 31.9 Å². The molecule has 1 saturated heterocycles. The van der Waals surface area contributed by atoms with Gasteiger partial charge in [-0.05, 0) is 17.7 Å². The van der Waals surface area contributed by atoms with E-state index in [4.69, 9.17) is 0 Å². The second kappa shape index (κ2) is 6.99. The summed E-state index contributed by atoms with van der Waals surface area (Å²) in [4.78, 5) is 4.67. The molecule has 24 heavy (non-hydrogen) atoms. The minimum atomic E-state index is 0.137. The fraction of sp³-hybridized carbons (Fsp3) is 0.250. The van der Waals surface area contributed by atoms with Crippen molar-refractivity contribution in [2.24, 2.45) is 4.99 Å². The van der Waals surface area contributed by atoms with Crippen LogP contribution in [0.2, 0.25) is 0 Å². The van der Waals surface area contributed by atoms with Crippen molar-refractivity contribution in [2.45, 2.75) is 6.04 Å². The SMILES string of the molecule is C(=CC1C=Nc2ccccc2N1N1CCNCC1)c1ccccc1. The van der Waals surface area contributed by atoms with Gasteiger partial charge in [-0.3, -0.25) is 10.0 Å². The Balaban J connectivity index is 1.65. The van der Waals surface area contributed by atoms with Gasteiger partial charge in [-0.15, -0.1) is 0 Å². The molecule has 4 nitrogen and oxygen atoms in total. The van der Waals surface area contributed by atoms with E-state index in [1.165, 1.54) is 11.3 Å². The third kappa shape index (κ3) is 3.11. The van der Waals surface area contributed by atoms with Crippen molar-refractivity contribution in [1.29, 1.82) is 0 Å². The zero-order valence-electron chi connectivity index (χ0n) is 13.7. The first kappa shape index (κ1) is 15.1. The largest absolute Gasteiger partial charge is 0.314 e. The van der Waals surface area contributed by atoms with Crippen molar-refractivity contribution >= 4 is 23.7 Å². The van der Waals surface area contributed by atoms with Gasteiger partial charge in [-0.25, -0.2) is 5.01 Å². The van der Waals surface area contributed by atoms with Gasteiger partial charge in [0.2, 0.25) is 0 Å². The van der Waals surface area contributed by atoms with Crippen LogP contribution in [0.15, 0.2) is 65.7 Å². The highest BCUT2D eigenvalue weighted by Gasteiger charge is 2.27. The Morgan fingerprint density at radius 3 is 2.54 bits per heavy atom. The van der Waals surface area contributed by atoms with Crippen LogP contribution in [0.1, 0.15) is 5.56 Å². The topological polar surface area (TPSA) is 30.9 Å². The summed E-state index contributed by atoms with van der Waals surface area (Å²) in [7, 11) is 0. The molecule has 0 aliphatic carbocycles. The summed E-state index contributed by atoms with van der Waals surface area (Å²) in [6.45, 7) is 4.06. The summed E-state index contributed by atoms with van der Waals surface area (Å²) >= 11 is 0. The highest BCUT2D eigenvalue weighted by molar-refractivity contribution is 5.86. The number of aliphatic imine (C=N–C) groups is 1. The average Bonchev–Trinajstić information content (AvgIpc) is 2.67. The summed E-state index contributed by atoms with van der Waals surface area (Å²) in [6.07, 6.45) is 6.46. The molecule has 1 unspecified atom stereocenters. The van der Waals surface area contributed by atoms with E-state index in [0.29, 0.717) is 0 Å². The Morgan fingerprint density at radius 2 is 1.71 bits per heavy atom. The zero-order valence-corrected chi connectivity index (χ0v) is 13.7. The summed E-state index contributed by atoms with van der Waals surface area (Å²) in [5.41, 5.74) is 3.44. The van der Waals surface area contributed by atoms with Crippen molar-refractivity contribution in [3.63, 3.8) is 0 Å². The third-order valence-corrected chi connectivity index (χ3v) is 4.46. The molecule has 0 radical (unpaired) electrons. The van der Waals surface area contributed by atoms with Gasteiger partial charge in [0.05, 0.1) is 17.4 Å². The van der Waals surface area contributed by atoms with Gasteiger partial charge < -0.3 is 5.32 Å². The van der Waals surface area contributed by atoms with E-state index in [1.54, 1.807) is 0 Å². The number of fused-ring (bicyclic) bond motifs is 1. The van der Waals surface area contributed by atoms with Gasteiger partial charge >= 0.3 is 0 Å². The quantitative estimate of drug-likeness (QED) is 0.943. The molecule has 1 atom stereocenters. The number of para-hydroxylation sites is 2. The van der Waals surface area contributed by atoms with E-state index in [2.05, 4.69) is 74.9 Å². The predicted octanol–water partition coefficient (Wildman–Crippen LogP) is 3.11. The van der Waals surface area contributed by atoms with Crippen molar-refractivity contribution in [3.05, 3.63) is 66.2 Å². The van der Waals surface area contributed by atoms with Crippen LogP contribution in [0, 0.1) is 0 Å². The number of nitrogens with zero attached hydrogens (tertiary/aromatic N) is 3. The molecule has 4 heteroatoms. The molecule has 0 aromatic heterocycles. The average molecular weight is 318 g/mol. The highest BCUT2D eigenvalue weighted by atomic mass is 15.6. The Kier molecular flexibility index (Phi) is 4.40. The fourth-order valence-electron chi connectivity index (χ4n) is 3.26. The van der Waals surface area contributed by atoms with Crippen LogP contribution < -0.4 is 10.3 Å². The minimum absolute atomic E-state index is 0.137. The molecule has 0 amide bonds. The molecular formula is C20H22N4. The molecule has 2 aromatic rings. The summed E-state index contributed by atoms with van der Waals surface area (Å²) < 4.78 is 0. The van der Waals surface area contributed by atoms with Crippen LogP contribution >= 0.6 is 0 Å². The van der Waals surface area contributed by atoms with Gasteiger partial charge in [0.15, 0.2) is 0 Å². The van der Waals surface area contributed by atoms with E-state index in [1.807, 2.05) is 18.3 Å². The van der Waals surface area contributed by atoms with Crippen LogP contribution in [0.3, 0.4) is 0 Å². The Labute approximate surface area is 143 Å². The van der Waals surface area contributed by atoms with Gasteiger partial charge in [-0.1, -0.05) is 54.6 Å². The van der Waals surface area contributed by atoms with Crippen LogP contribution in [0.25, 0.3) is 6.08 Å². The van der Waals surface area contributed by atoms with E-state index < -0.39 is 0 Å². The molecule has 0 saturated carbocycles. The number of hydrogen-bond donors (Lipinski definition) is 1. The van der Waals surface area contributed by atoms with Gasteiger partial charge in [0.25, 0.3) is 0 Å². The second-order valence-corrected chi connectivity index (χ2v) is 6.08. The molecule has 122 valence electrons. The van der Waals surface area contributed by atoms with Crippen LogP contribution in [0.5, 0.6) is 0 Å². The Bertz CT molecular complexity index is 732. The predicted molar refractivity (Wildman–Crippen MR) is 101 cm³/mol. The number of hydrogen-bond acceptors (Lipinski definition) is 4. The molecule has 1 fully saturated rings. The Morgan fingerprint density at radius 1 is 0.958 bits per heavy atom. The molecular weight excluding hydrogens is 296 g/mol. The molecule has 2 heterocycles. The van der Waals surface area contributed by atoms with E-state index >= 15 is 0 Å². The van der Waals surface area contributed by atoms with E-state index in [9.17, 15) is 0 Å². The number of hydrazine groups is 1. The van der Waals surface area contributed by atoms with Crippen molar-refractivity contribution in [1.82, 2.24) is 10.3 Å². The molecule has 4 rings (SSSR count). The maximum atomic E-state index is 4.67.